The van der Waals surface area contributed by atoms with Crippen LogP contribution >= 0.6 is 0 Å². The van der Waals surface area contributed by atoms with Gasteiger partial charge in [0.1, 0.15) is 17.7 Å². The number of benzene rings is 2. The SMILES string of the molecule is O=C(O)C[C@H]1CC[C@H](Oc2ccc(-c3ccc(-c4ncc(-c5ccccc5)[nH]4)c(F)c3)cn2)CC1. The molecule has 6 nitrogen and oxygen atoms in total. The maximum atomic E-state index is 15.0. The molecule has 0 atom stereocenters. The number of imidazole rings is 1. The first kappa shape index (κ1) is 22.8. The Morgan fingerprint density at radius 3 is 2.40 bits per heavy atom. The Labute approximate surface area is 202 Å². The number of H-pyrrole nitrogens is 1. The van der Waals surface area contributed by atoms with Gasteiger partial charge in [0.2, 0.25) is 5.88 Å². The van der Waals surface area contributed by atoms with Crippen LogP contribution in [-0.4, -0.2) is 32.1 Å². The molecule has 0 saturated heterocycles. The van der Waals surface area contributed by atoms with E-state index < -0.39 is 5.97 Å². The number of nitrogens with zero attached hydrogens (tertiary/aromatic N) is 2. The normalized spacial score (nSPS) is 17.7. The van der Waals surface area contributed by atoms with Crippen LogP contribution < -0.4 is 4.74 Å². The molecule has 7 heteroatoms. The Kier molecular flexibility index (Phi) is 6.57. The standard InChI is InChI=1S/C28H26FN3O3/c29-24-15-20(8-12-23(24)28-31-17-25(32-28)19-4-2-1-3-5-19)21-9-13-26(30-16-21)35-22-10-6-18(7-11-22)14-27(33)34/h1-5,8-9,12-13,15-18,22H,6-7,10-11,14H2,(H,31,32)(H,33,34)/t18-,22-. The molecule has 2 aromatic carbocycles. The van der Waals surface area contributed by atoms with Crippen LogP contribution in [-0.2, 0) is 4.79 Å². The zero-order valence-electron chi connectivity index (χ0n) is 19.2. The second-order valence-electron chi connectivity index (χ2n) is 8.95. The van der Waals surface area contributed by atoms with Crippen LogP contribution in [0.15, 0.2) is 73.1 Å². The molecule has 2 N–H and O–H groups in total. The quantitative estimate of drug-likeness (QED) is 0.328. The molecule has 1 aliphatic carbocycles. The van der Waals surface area contributed by atoms with Gasteiger partial charge in [-0.15, -0.1) is 0 Å². The van der Waals surface area contributed by atoms with Gasteiger partial charge in [-0.3, -0.25) is 4.79 Å². The highest BCUT2D eigenvalue weighted by Gasteiger charge is 2.24. The molecule has 0 bridgehead atoms. The maximum absolute atomic E-state index is 15.0. The second-order valence-corrected chi connectivity index (χ2v) is 8.95. The minimum absolute atomic E-state index is 0.0456. The van der Waals surface area contributed by atoms with E-state index in [0.29, 0.717) is 22.8 Å². The molecule has 2 aromatic heterocycles. The lowest BCUT2D eigenvalue weighted by molar-refractivity contribution is -0.138. The van der Waals surface area contributed by atoms with Crippen molar-refractivity contribution in [3.8, 4) is 39.7 Å². The molecule has 5 rings (SSSR count). The molecule has 1 fully saturated rings. The zero-order chi connectivity index (χ0) is 24.2. The molecule has 0 aliphatic heterocycles. The average Bonchev–Trinajstić information content (AvgIpc) is 3.36. The first-order chi connectivity index (χ1) is 17.0. The van der Waals surface area contributed by atoms with Crippen LogP contribution in [0.1, 0.15) is 32.1 Å². The first-order valence-electron chi connectivity index (χ1n) is 11.8. The van der Waals surface area contributed by atoms with Crippen LogP contribution in [0.4, 0.5) is 4.39 Å². The number of carbonyl (C=O) groups is 1. The summed E-state index contributed by atoms with van der Waals surface area (Å²) in [4.78, 5) is 22.8. The molecule has 35 heavy (non-hydrogen) atoms. The number of pyridine rings is 1. The highest BCUT2D eigenvalue weighted by molar-refractivity contribution is 5.70. The zero-order valence-corrected chi connectivity index (χ0v) is 19.2. The van der Waals surface area contributed by atoms with Gasteiger partial charge in [0.05, 0.1) is 17.5 Å². The lowest BCUT2D eigenvalue weighted by Gasteiger charge is -2.27. The van der Waals surface area contributed by atoms with E-state index in [9.17, 15) is 9.18 Å². The number of aliphatic carboxylic acids is 1. The van der Waals surface area contributed by atoms with Gasteiger partial charge in [-0.25, -0.2) is 14.4 Å². The van der Waals surface area contributed by atoms with Crippen LogP contribution in [0, 0.1) is 11.7 Å². The summed E-state index contributed by atoms with van der Waals surface area (Å²) in [5.41, 5.74) is 3.73. The molecule has 0 amide bonds. The molecule has 2 heterocycles. The van der Waals surface area contributed by atoms with Gasteiger partial charge in [-0.05, 0) is 60.9 Å². The van der Waals surface area contributed by atoms with Crippen molar-refractivity contribution in [3.05, 3.63) is 78.9 Å². The number of nitrogens with one attached hydrogen (secondary N) is 1. The lowest BCUT2D eigenvalue weighted by atomic mass is 9.85. The van der Waals surface area contributed by atoms with Gasteiger partial charge in [-0.1, -0.05) is 36.4 Å². The van der Waals surface area contributed by atoms with Crippen molar-refractivity contribution >= 4 is 5.97 Å². The molecule has 0 radical (unpaired) electrons. The summed E-state index contributed by atoms with van der Waals surface area (Å²) < 4.78 is 21.0. The first-order valence-corrected chi connectivity index (χ1v) is 11.8. The average molecular weight is 472 g/mol. The number of hydrogen-bond acceptors (Lipinski definition) is 4. The minimum Gasteiger partial charge on any atom is -0.481 e. The van der Waals surface area contributed by atoms with Crippen molar-refractivity contribution in [2.75, 3.05) is 0 Å². The lowest BCUT2D eigenvalue weighted by Crippen LogP contribution is -2.25. The van der Waals surface area contributed by atoms with Crippen LogP contribution in [0.3, 0.4) is 0 Å². The molecule has 178 valence electrons. The van der Waals surface area contributed by atoms with E-state index in [2.05, 4.69) is 15.0 Å². The Morgan fingerprint density at radius 2 is 1.71 bits per heavy atom. The Hall–Kier alpha value is -4.00. The van der Waals surface area contributed by atoms with Gasteiger partial charge < -0.3 is 14.8 Å². The largest absolute Gasteiger partial charge is 0.481 e. The van der Waals surface area contributed by atoms with E-state index in [1.54, 1.807) is 24.5 Å². The van der Waals surface area contributed by atoms with Crippen molar-refractivity contribution in [1.82, 2.24) is 15.0 Å². The van der Waals surface area contributed by atoms with Crippen molar-refractivity contribution in [2.24, 2.45) is 5.92 Å². The van der Waals surface area contributed by atoms with Crippen LogP contribution in [0.2, 0.25) is 0 Å². The molecular formula is C28H26FN3O3. The number of aromatic nitrogens is 3. The van der Waals surface area contributed by atoms with Gasteiger partial charge in [-0.2, -0.15) is 0 Å². The molecular weight excluding hydrogens is 445 g/mol. The van der Waals surface area contributed by atoms with E-state index in [-0.39, 0.29) is 24.3 Å². The van der Waals surface area contributed by atoms with Gasteiger partial charge in [0, 0.05) is 24.2 Å². The highest BCUT2D eigenvalue weighted by Crippen LogP contribution is 2.31. The predicted octanol–water partition coefficient (Wildman–Crippen LogP) is 6.36. The van der Waals surface area contributed by atoms with Crippen molar-refractivity contribution in [1.29, 1.82) is 0 Å². The number of carboxylic acid groups (broad SMARTS) is 1. The molecule has 0 spiro atoms. The third-order valence-electron chi connectivity index (χ3n) is 6.50. The smallest absolute Gasteiger partial charge is 0.303 e. The summed E-state index contributed by atoms with van der Waals surface area (Å²) in [6.07, 6.45) is 7.01. The monoisotopic (exact) mass is 471 g/mol. The fraction of sp³-hybridized carbons (Fsp3) is 0.250. The van der Waals surface area contributed by atoms with E-state index in [1.165, 1.54) is 6.07 Å². The van der Waals surface area contributed by atoms with Gasteiger partial charge in [0.15, 0.2) is 0 Å². The van der Waals surface area contributed by atoms with Crippen LogP contribution in [0.25, 0.3) is 33.8 Å². The third kappa shape index (κ3) is 5.40. The summed E-state index contributed by atoms with van der Waals surface area (Å²) in [5.74, 6) is 0.128. The minimum atomic E-state index is -0.739. The molecule has 1 saturated carbocycles. The van der Waals surface area contributed by atoms with Crippen molar-refractivity contribution in [3.63, 3.8) is 0 Å². The molecule has 1 aliphatic rings. The van der Waals surface area contributed by atoms with Crippen molar-refractivity contribution < 1.29 is 19.0 Å². The Balaban J connectivity index is 1.24. The summed E-state index contributed by atoms with van der Waals surface area (Å²) >= 11 is 0. The summed E-state index contributed by atoms with van der Waals surface area (Å²) in [5, 5.41) is 8.95. The molecule has 0 unspecified atom stereocenters. The topological polar surface area (TPSA) is 88.1 Å². The van der Waals surface area contributed by atoms with Crippen LogP contribution in [0.5, 0.6) is 5.88 Å². The molecule has 4 aromatic rings. The highest BCUT2D eigenvalue weighted by atomic mass is 19.1. The van der Waals surface area contributed by atoms with E-state index in [0.717, 1.165) is 42.5 Å². The Morgan fingerprint density at radius 1 is 0.943 bits per heavy atom. The number of hydrogen-bond donors (Lipinski definition) is 2. The second kappa shape index (κ2) is 10.1. The maximum Gasteiger partial charge on any atom is 0.303 e. The number of halogens is 1. The fourth-order valence-electron chi connectivity index (χ4n) is 4.60. The number of carboxylic acids is 1. The summed E-state index contributed by atoms with van der Waals surface area (Å²) in [6.45, 7) is 0. The third-order valence-corrected chi connectivity index (χ3v) is 6.50. The van der Waals surface area contributed by atoms with Crippen molar-refractivity contribution in [2.45, 2.75) is 38.2 Å². The number of rotatable bonds is 7. The van der Waals surface area contributed by atoms with E-state index in [1.807, 2.05) is 42.5 Å². The predicted molar refractivity (Wildman–Crippen MR) is 131 cm³/mol. The number of ether oxygens (including phenoxy) is 1. The van der Waals surface area contributed by atoms with E-state index in [4.69, 9.17) is 9.84 Å². The summed E-state index contributed by atoms with van der Waals surface area (Å²) in [7, 11) is 0. The fourth-order valence-corrected chi connectivity index (χ4v) is 4.60. The summed E-state index contributed by atoms with van der Waals surface area (Å²) in [6, 6.07) is 18.5. The van der Waals surface area contributed by atoms with Gasteiger partial charge in [0.25, 0.3) is 0 Å². The van der Waals surface area contributed by atoms with Gasteiger partial charge >= 0.3 is 5.97 Å². The Bertz CT molecular complexity index is 1300. The number of aromatic amines is 1. The van der Waals surface area contributed by atoms with E-state index >= 15 is 0 Å².